The molecule has 76 valence electrons. The molecule has 2 fully saturated rings. The van der Waals surface area contributed by atoms with Crippen LogP contribution in [0.1, 0.15) is 58.3 Å². The van der Waals surface area contributed by atoms with Gasteiger partial charge in [0, 0.05) is 0 Å². The van der Waals surface area contributed by atoms with E-state index in [1.54, 1.807) is 0 Å². The van der Waals surface area contributed by atoms with Gasteiger partial charge in [-0.15, -0.1) is 0 Å². The fraction of sp³-hybridized carbons (Fsp3) is 1.00. The number of hydrogen-bond acceptors (Lipinski definition) is 1. The summed E-state index contributed by atoms with van der Waals surface area (Å²) in [7, 11) is 0. The van der Waals surface area contributed by atoms with E-state index < -0.39 is 0 Å². The lowest BCUT2D eigenvalue weighted by atomic mass is 9.70. The van der Waals surface area contributed by atoms with E-state index in [-0.39, 0.29) is 5.60 Å². The van der Waals surface area contributed by atoms with E-state index in [0.717, 1.165) is 12.3 Å². The molecule has 0 aliphatic heterocycles. The Bertz CT molecular complexity index is 168. The Morgan fingerprint density at radius 2 is 1.62 bits per heavy atom. The summed E-state index contributed by atoms with van der Waals surface area (Å²) in [6.45, 7) is 2.06. The van der Waals surface area contributed by atoms with Gasteiger partial charge >= 0.3 is 0 Å². The lowest BCUT2D eigenvalue weighted by Gasteiger charge is -2.40. The standard InChI is InChI=1S/C12H22O/c1-12(13)9-5-4-8-11(12)10-6-2-3-7-10/h10-11,13H,2-9H2,1H3. The highest BCUT2D eigenvalue weighted by Gasteiger charge is 2.39. The second-order valence-corrected chi connectivity index (χ2v) is 5.25. The van der Waals surface area contributed by atoms with Gasteiger partial charge in [-0.25, -0.2) is 0 Å². The molecular formula is C12H22O. The number of rotatable bonds is 1. The molecule has 0 radical (unpaired) electrons. The van der Waals surface area contributed by atoms with Crippen molar-refractivity contribution in [2.45, 2.75) is 63.9 Å². The maximum Gasteiger partial charge on any atom is 0.0650 e. The Kier molecular flexibility index (Phi) is 2.64. The number of aliphatic hydroxyl groups is 1. The summed E-state index contributed by atoms with van der Waals surface area (Å²) in [6, 6.07) is 0. The fourth-order valence-corrected chi connectivity index (χ4v) is 3.45. The highest BCUT2D eigenvalue weighted by molar-refractivity contribution is 4.91. The summed E-state index contributed by atoms with van der Waals surface area (Å²) in [4.78, 5) is 0. The zero-order valence-electron chi connectivity index (χ0n) is 8.76. The predicted molar refractivity (Wildman–Crippen MR) is 54.5 cm³/mol. The maximum atomic E-state index is 10.3. The molecule has 2 saturated carbocycles. The molecule has 13 heavy (non-hydrogen) atoms. The van der Waals surface area contributed by atoms with E-state index in [4.69, 9.17) is 0 Å². The van der Waals surface area contributed by atoms with Crippen LogP contribution in [0.2, 0.25) is 0 Å². The molecule has 2 aliphatic rings. The average molecular weight is 182 g/mol. The normalized spacial score (nSPS) is 42.5. The summed E-state index contributed by atoms with van der Waals surface area (Å²) in [5.41, 5.74) is -0.340. The summed E-state index contributed by atoms with van der Waals surface area (Å²) in [6.07, 6.45) is 10.4. The zero-order valence-corrected chi connectivity index (χ0v) is 8.76. The Balaban J connectivity index is 2.02. The third-order valence-electron chi connectivity index (χ3n) is 4.22. The smallest absolute Gasteiger partial charge is 0.0650 e. The first-order valence-electron chi connectivity index (χ1n) is 5.92. The van der Waals surface area contributed by atoms with Crippen LogP contribution in [0.3, 0.4) is 0 Å². The van der Waals surface area contributed by atoms with E-state index in [0.29, 0.717) is 5.92 Å². The number of hydrogen-bond donors (Lipinski definition) is 1. The van der Waals surface area contributed by atoms with Crippen LogP contribution in [-0.4, -0.2) is 10.7 Å². The molecule has 2 atom stereocenters. The van der Waals surface area contributed by atoms with E-state index in [2.05, 4.69) is 6.92 Å². The van der Waals surface area contributed by atoms with Crippen LogP contribution in [0.5, 0.6) is 0 Å². The molecule has 0 amide bonds. The van der Waals surface area contributed by atoms with Crippen LogP contribution in [0.4, 0.5) is 0 Å². The Hall–Kier alpha value is -0.0400. The quantitative estimate of drug-likeness (QED) is 0.660. The van der Waals surface area contributed by atoms with Gasteiger partial charge in [-0.05, 0) is 31.6 Å². The molecule has 1 heteroatoms. The van der Waals surface area contributed by atoms with Crippen LogP contribution in [0.15, 0.2) is 0 Å². The minimum Gasteiger partial charge on any atom is -0.390 e. The van der Waals surface area contributed by atoms with Gasteiger partial charge < -0.3 is 5.11 Å². The van der Waals surface area contributed by atoms with Crippen LogP contribution in [-0.2, 0) is 0 Å². The highest BCUT2D eigenvalue weighted by Crippen LogP contribution is 2.44. The summed E-state index contributed by atoms with van der Waals surface area (Å²) in [5, 5.41) is 10.3. The first-order chi connectivity index (χ1) is 6.20. The van der Waals surface area contributed by atoms with Crippen molar-refractivity contribution in [1.82, 2.24) is 0 Å². The van der Waals surface area contributed by atoms with Gasteiger partial charge in [-0.2, -0.15) is 0 Å². The van der Waals surface area contributed by atoms with Crippen LogP contribution in [0.25, 0.3) is 0 Å². The van der Waals surface area contributed by atoms with Gasteiger partial charge in [0.05, 0.1) is 5.60 Å². The van der Waals surface area contributed by atoms with Gasteiger partial charge in [0.1, 0.15) is 0 Å². The van der Waals surface area contributed by atoms with Crippen molar-refractivity contribution >= 4 is 0 Å². The minimum absolute atomic E-state index is 0.340. The van der Waals surface area contributed by atoms with Crippen molar-refractivity contribution in [2.24, 2.45) is 11.8 Å². The van der Waals surface area contributed by atoms with Crippen molar-refractivity contribution in [3.05, 3.63) is 0 Å². The molecule has 2 unspecified atom stereocenters. The molecule has 0 aromatic heterocycles. The van der Waals surface area contributed by atoms with E-state index in [1.807, 2.05) is 0 Å². The lowest BCUT2D eigenvalue weighted by Crippen LogP contribution is -2.41. The SMILES string of the molecule is CC1(O)CCCCC1C1CCCC1. The van der Waals surface area contributed by atoms with E-state index in [9.17, 15) is 5.11 Å². The van der Waals surface area contributed by atoms with E-state index in [1.165, 1.54) is 44.9 Å². The van der Waals surface area contributed by atoms with Crippen molar-refractivity contribution in [3.63, 3.8) is 0 Å². The van der Waals surface area contributed by atoms with Crippen LogP contribution >= 0.6 is 0 Å². The first-order valence-corrected chi connectivity index (χ1v) is 5.92. The first kappa shape index (κ1) is 9.51. The largest absolute Gasteiger partial charge is 0.390 e. The molecule has 2 rings (SSSR count). The molecule has 2 aliphatic carbocycles. The van der Waals surface area contributed by atoms with Crippen molar-refractivity contribution in [3.8, 4) is 0 Å². The molecular weight excluding hydrogens is 160 g/mol. The predicted octanol–water partition coefficient (Wildman–Crippen LogP) is 3.12. The fourth-order valence-electron chi connectivity index (χ4n) is 3.45. The van der Waals surface area contributed by atoms with Gasteiger partial charge in [-0.3, -0.25) is 0 Å². The van der Waals surface area contributed by atoms with E-state index >= 15 is 0 Å². The van der Waals surface area contributed by atoms with Gasteiger partial charge in [0.25, 0.3) is 0 Å². The molecule has 0 aromatic carbocycles. The summed E-state index contributed by atoms with van der Waals surface area (Å²) < 4.78 is 0. The monoisotopic (exact) mass is 182 g/mol. The Morgan fingerprint density at radius 1 is 1.00 bits per heavy atom. The second-order valence-electron chi connectivity index (χ2n) is 5.25. The lowest BCUT2D eigenvalue weighted by molar-refractivity contribution is -0.0550. The molecule has 0 aromatic rings. The van der Waals surface area contributed by atoms with Gasteiger partial charge in [0.15, 0.2) is 0 Å². The zero-order chi connectivity index (χ0) is 9.31. The molecule has 0 heterocycles. The molecule has 1 N–H and O–H groups in total. The molecule has 0 saturated heterocycles. The third-order valence-corrected chi connectivity index (χ3v) is 4.22. The maximum absolute atomic E-state index is 10.3. The second kappa shape index (κ2) is 3.61. The highest BCUT2D eigenvalue weighted by atomic mass is 16.3. The topological polar surface area (TPSA) is 20.2 Å². The van der Waals surface area contributed by atoms with Crippen molar-refractivity contribution < 1.29 is 5.11 Å². The molecule has 0 spiro atoms. The Labute approximate surface area is 81.5 Å². The van der Waals surface area contributed by atoms with Crippen molar-refractivity contribution in [1.29, 1.82) is 0 Å². The van der Waals surface area contributed by atoms with Crippen molar-refractivity contribution in [2.75, 3.05) is 0 Å². The summed E-state index contributed by atoms with van der Waals surface area (Å²) in [5.74, 6) is 1.46. The summed E-state index contributed by atoms with van der Waals surface area (Å²) >= 11 is 0. The average Bonchev–Trinajstić information content (AvgIpc) is 2.55. The molecule has 0 bridgehead atoms. The Morgan fingerprint density at radius 3 is 2.23 bits per heavy atom. The van der Waals surface area contributed by atoms with Gasteiger partial charge in [-0.1, -0.05) is 38.5 Å². The van der Waals surface area contributed by atoms with Gasteiger partial charge in [0.2, 0.25) is 0 Å². The molecule has 1 nitrogen and oxygen atoms in total. The van der Waals surface area contributed by atoms with Crippen LogP contribution in [0, 0.1) is 11.8 Å². The minimum atomic E-state index is -0.340. The third kappa shape index (κ3) is 1.90. The van der Waals surface area contributed by atoms with Crippen LogP contribution < -0.4 is 0 Å².